The molecular formula is C16H16N2O2. The van der Waals surface area contributed by atoms with E-state index in [0.29, 0.717) is 24.4 Å². The summed E-state index contributed by atoms with van der Waals surface area (Å²) in [6.07, 6.45) is 0.676. The van der Waals surface area contributed by atoms with Crippen LogP contribution in [0.15, 0.2) is 48.5 Å². The van der Waals surface area contributed by atoms with Gasteiger partial charge in [-0.3, -0.25) is 4.79 Å². The van der Waals surface area contributed by atoms with Crippen LogP contribution in [0.4, 0.5) is 11.4 Å². The molecule has 1 heterocycles. The maximum absolute atomic E-state index is 12.5. The lowest BCUT2D eigenvalue weighted by atomic mass is 9.92. The van der Waals surface area contributed by atoms with Crippen LogP contribution in [-0.2, 0) is 4.79 Å². The number of benzene rings is 2. The fourth-order valence-corrected chi connectivity index (χ4v) is 2.45. The van der Waals surface area contributed by atoms with E-state index in [9.17, 15) is 4.79 Å². The van der Waals surface area contributed by atoms with Crippen LogP contribution in [0.5, 0.6) is 5.75 Å². The smallest absolute Gasteiger partial charge is 0.232 e. The van der Waals surface area contributed by atoms with Gasteiger partial charge < -0.3 is 15.8 Å². The summed E-state index contributed by atoms with van der Waals surface area (Å²) >= 11 is 0. The van der Waals surface area contributed by atoms with Crippen molar-refractivity contribution >= 4 is 17.3 Å². The molecule has 4 nitrogen and oxygen atoms in total. The van der Waals surface area contributed by atoms with Gasteiger partial charge in [-0.25, -0.2) is 0 Å². The van der Waals surface area contributed by atoms with E-state index in [1.165, 1.54) is 0 Å². The zero-order valence-electron chi connectivity index (χ0n) is 11.0. The van der Waals surface area contributed by atoms with Crippen molar-refractivity contribution in [2.45, 2.75) is 12.3 Å². The Balaban J connectivity index is 1.84. The van der Waals surface area contributed by atoms with Gasteiger partial charge >= 0.3 is 0 Å². The Kier molecular flexibility index (Phi) is 3.29. The molecule has 0 aliphatic carbocycles. The van der Waals surface area contributed by atoms with Crippen molar-refractivity contribution in [3.05, 3.63) is 54.1 Å². The SMILES string of the molecule is Nc1ccccc1NC(=O)C1CCOc2ccccc21. The van der Waals surface area contributed by atoms with Gasteiger partial charge in [0.15, 0.2) is 0 Å². The fourth-order valence-electron chi connectivity index (χ4n) is 2.45. The van der Waals surface area contributed by atoms with Crippen LogP contribution < -0.4 is 15.8 Å². The minimum Gasteiger partial charge on any atom is -0.493 e. The largest absolute Gasteiger partial charge is 0.493 e. The maximum Gasteiger partial charge on any atom is 0.232 e. The molecule has 3 rings (SSSR count). The molecule has 1 amide bonds. The zero-order valence-corrected chi connectivity index (χ0v) is 11.0. The molecule has 0 saturated carbocycles. The number of fused-ring (bicyclic) bond motifs is 1. The second-order valence-corrected chi connectivity index (χ2v) is 4.80. The molecule has 2 aromatic rings. The first-order valence-corrected chi connectivity index (χ1v) is 6.63. The predicted octanol–water partition coefficient (Wildman–Crippen LogP) is 2.77. The molecule has 20 heavy (non-hydrogen) atoms. The van der Waals surface area contributed by atoms with Crippen molar-refractivity contribution in [1.82, 2.24) is 0 Å². The first-order valence-electron chi connectivity index (χ1n) is 6.63. The fraction of sp³-hybridized carbons (Fsp3) is 0.188. The first-order chi connectivity index (χ1) is 9.75. The van der Waals surface area contributed by atoms with Gasteiger partial charge in [-0.05, 0) is 24.6 Å². The molecule has 0 radical (unpaired) electrons. The Morgan fingerprint density at radius 3 is 2.75 bits per heavy atom. The van der Waals surface area contributed by atoms with Gasteiger partial charge in [0, 0.05) is 5.56 Å². The standard InChI is InChI=1S/C16H16N2O2/c17-13-6-2-3-7-14(13)18-16(19)12-9-10-20-15-8-4-1-5-11(12)15/h1-8,12H,9-10,17H2,(H,18,19). The quantitative estimate of drug-likeness (QED) is 0.823. The molecule has 1 unspecified atom stereocenters. The van der Waals surface area contributed by atoms with E-state index < -0.39 is 0 Å². The summed E-state index contributed by atoms with van der Waals surface area (Å²) in [6.45, 7) is 0.555. The number of para-hydroxylation sites is 3. The van der Waals surface area contributed by atoms with Crippen molar-refractivity contribution in [3.63, 3.8) is 0 Å². The average molecular weight is 268 g/mol. The highest BCUT2D eigenvalue weighted by Crippen LogP contribution is 2.34. The number of rotatable bonds is 2. The summed E-state index contributed by atoms with van der Waals surface area (Å²) in [5.41, 5.74) is 8.01. The number of nitrogens with two attached hydrogens (primary N) is 1. The van der Waals surface area contributed by atoms with Gasteiger partial charge in [0.25, 0.3) is 0 Å². The summed E-state index contributed by atoms with van der Waals surface area (Å²) in [5.74, 6) is 0.554. The lowest BCUT2D eigenvalue weighted by Gasteiger charge is -2.25. The Hall–Kier alpha value is -2.49. The van der Waals surface area contributed by atoms with Crippen molar-refractivity contribution in [2.75, 3.05) is 17.7 Å². The molecule has 102 valence electrons. The van der Waals surface area contributed by atoms with E-state index in [1.807, 2.05) is 36.4 Å². The lowest BCUT2D eigenvalue weighted by Crippen LogP contribution is -2.26. The maximum atomic E-state index is 12.5. The first kappa shape index (κ1) is 12.5. The summed E-state index contributed by atoms with van der Waals surface area (Å²) in [6, 6.07) is 14.9. The van der Waals surface area contributed by atoms with Crippen LogP contribution in [0.2, 0.25) is 0 Å². The van der Waals surface area contributed by atoms with E-state index in [1.54, 1.807) is 12.1 Å². The molecule has 3 N–H and O–H groups in total. The van der Waals surface area contributed by atoms with Gasteiger partial charge in [0.1, 0.15) is 5.75 Å². The third-order valence-corrected chi connectivity index (χ3v) is 3.49. The molecule has 1 aliphatic heterocycles. The minimum absolute atomic E-state index is 0.0429. The number of carbonyl (C=O) groups excluding carboxylic acids is 1. The van der Waals surface area contributed by atoms with E-state index in [4.69, 9.17) is 10.5 Å². The lowest BCUT2D eigenvalue weighted by molar-refractivity contribution is -0.118. The summed E-state index contributed by atoms with van der Waals surface area (Å²) < 4.78 is 5.57. The molecule has 0 saturated heterocycles. The Morgan fingerprint density at radius 2 is 1.90 bits per heavy atom. The molecule has 0 bridgehead atoms. The van der Waals surface area contributed by atoms with Crippen LogP contribution >= 0.6 is 0 Å². The number of nitrogen functional groups attached to an aromatic ring is 1. The number of amides is 1. The number of nitrogens with one attached hydrogen (secondary N) is 1. The molecule has 0 spiro atoms. The van der Waals surface area contributed by atoms with Gasteiger partial charge in [-0.15, -0.1) is 0 Å². The minimum atomic E-state index is -0.195. The molecule has 1 atom stereocenters. The highest BCUT2D eigenvalue weighted by Gasteiger charge is 2.27. The number of anilines is 2. The molecule has 0 fully saturated rings. The third kappa shape index (κ3) is 2.32. The molecule has 4 heteroatoms. The molecule has 1 aliphatic rings. The van der Waals surface area contributed by atoms with Crippen LogP contribution in [0.1, 0.15) is 17.9 Å². The van der Waals surface area contributed by atoms with E-state index in [-0.39, 0.29) is 11.8 Å². The molecular weight excluding hydrogens is 252 g/mol. The van der Waals surface area contributed by atoms with Crippen LogP contribution in [0, 0.1) is 0 Å². The Morgan fingerprint density at radius 1 is 1.15 bits per heavy atom. The second kappa shape index (κ2) is 5.25. The number of carbonyl (C=O) groups is 1. The van der Waals surface area contributed by atoms with Crippen LogP contribution in [-0.4, -0.2) is 12.5 Å². The average Bonchev–Trinajstić information content (AvgIpc) is 2.49. The molecule has 2 aromatic carbocycles. The summed E-state index contributed by atoms with van der Waals surface area (Å²) in [5, 5.41) is 2.90. The molecule has 0 aromatic heterocycles. The topological polar surface area (TPSA) is 64.3 Å². The Bertz CT molecular complexity index is 640. The normalized spacial score (nSPS) is 16.9. The predicted molar refractivity (Wildman–Crippen MR) is 78.8 cm³/mol. The third-order valence-electron chi connectivity index (χ3n) is 3.49. The van der Waals surface area contributed by atoms with Gasteiger partial charge in [-0.2, -0.15) is 0 Å². The van der Waals surface area contributed by atoms with E-state index in [2.05, 4.69) is 5.32 Å². The van der Waals surface area contributed by atoms with Crippen molar-refractivity contribution in [3.8, 4) is 5.75 Å². The van der Waals surface area contributed by atoms with Crippen molar-refractivity contribution < 1.29 is 9.53 Å². The van der Waals surface area contributed by atoms with Crippen molar-refractivity contribution in [1.29, 1.82) is 0 Å². The highest BCUT2D eigenvalue weighted by atomic mass is 16.5. The summed E-state index contributed by atoms with van der Waals surface area (Å²) in [7, 11) is 0. The van der Waals surface area contributed by atoms with Crippen LogP contribution in [0.3, 0.4) is 0 Å². The number of ether oxygens (including phenoxy) is 1. The number of hydrogen-bond acceptors (Lipinski definition) is 3. The van der Waals surface area contributed by atoms with Gasteiger partial charge in [0.05, 0.1) is 23.9 Å². The van der Waals surface area contributed by atoms with Gasteiger partial charge in [-0.1, -0.05) is 30.3 Å². The summed E-state index contributed by atoms with van der Waals surface area (Å²) in [4.78, 5) is 12.5. The van der Waals surface area contributed by atoms with E-state index >= 15 is 0 Å². The Labute approximate surface area is 117 Å². The van der Waals surface area contributed by atoms with E-state index in [0.717, 1.165) is 11.3 Å². The highest BCUT2D eigenvalue weighted by molar-refractivity contribution is 5.98. The second-order valence-electron chi connectivity index (χ2n) is 4.80. The van der Waals surface area contributed by atoms with Crippen molar-refractivity contribution in [2.24, 2.45) is 0 Å². The number of hydrogen-bond donors (Lipinski definition) is 2. The monoisotopic (exact) mass is 268 g/mol. The van der Waals surface area contributed by atoms with Gasteiger partial charge in [0.2, 0.25) is 5.91 Å². The van der Waals surface area contributed by atoms with Crippen LogP contribution in [0.25, 0.3) is 0 Å². The zero-order chi connectivity index (χ0) is 13.9.